The first-order valence-electron chi connectivity index (χ1n) is 18.3. The van der Waals surface area contributed by atoms with Gasteiger partial charge >= 0.3 is 6.09 Å². The molecule has 1 aromatic carbocycles. The van der Waals surface area contributed by atoms with Gasteiger partial charge in [0.15, 0.2) is 0 Å². The average Bonchev–Trinajstić information content (AvgIpc) is 4.07. The molecule has 4 heterocycles. The van der Waals surface area contributed by atoms with Crippen molar-refractivity contribution in [3.8, 4) is 17.0 Å². The summed E-state index contributed by atoms with van der Waals surface area (Å²) in [7, 11) is -3.90. The maximum Gasteiger partial charge on any atom is 0.407 e. The lowest BCUT2D eigenvalue weighted by Crippen LogP contribution is -2.58. The SMILES string of the molecule is O=C1N[C@H]2CCCCC/C=C\[C@H]3C[C@@]3(C(=O)NS(=O)(=O)C3CC3)NC(=O)[C@@H]3C[C@H](CN3C2=O)NC(=O)c2cccc(n2)-c2cccc(c2)OCCCO1. The number of amides is 5. The van der Waals surface area contributed by atoms with Crippen LogP contribution in [-0.4, -0.2) is 96.7 Å². The van der Waals surface area contributed by atoms with Crippen molar-refractivity contribution >= 4 is 39.7 Å². The molecular weight excluding hydrogens is 705 g/mol. The number of alkyl carbamates (subject to hydrolysis) is 1. The summed E-state index contributed by atoms with van der Waals surface area (Å²) in [6.45, 7) is 0.225. The molecule has 3 fully saturated rings. The van der Waals surface area contributed by atoms with Crippen LogP contribution in [0.1, 0.15) is 74.7 Å². The number of rotatable bonds is 3. The van der Waals surface area contributed by atoms with Gasteiger partial charge in [-0.05, 0) is 69.2 Å². The van der Waals surface area contributed by atoms with Crippen molar-refractivity contribution in [3.05, 3.63) is 60.3 Å². The van der Waals surface area contributed by atoms with Gasteiger partial charge in [0.2, 0.25) is 21.8 Å². The van der Waals surface area contributed by atoms with E-state index in [9.17, 15) is 32.4 Å². The highest BCUT2D eigenvalue weighted by molar-refractivity contribution is 7.91. The summed E-state index contributed by atoms with van der Waals surface area (Å²) in [4.78, 5) is 74.8. The number of nitrogens with one attached hydrogen (secondary N) is 4. The molecule has 2 saturated carbocycles. The summed E-state index contributed by atoms with van der Waals surface area (Å²) in [5.41, 5.74) is -0.138. The number of cyclic esters (lactones) is 1. The molecule has 1 aromatic heterocycles. The Balaban J connectivity index is 1.19. The smallest absolute Gasteiger partial charge is 0.407 e. The number of fused-ring (bicyclic) bond motifs is 8. The molecule has 0 unspecified atom stereocenters. The van der Waals surface area contributed by atoms with E-state index in [2.05, 4.69) is 25.7 Å². The normalized spacial score (nSPS) is 29.0. The molecule has 53 heavy (non-hydrogen) atoms. The van der Waals surface area contributed by atoms with Gasteiger partial charge in [0.05, 0.1) is 24.2 Å². The second-order valence-corrected chi connectivity index (χ2v) is 16.4. The minimum absolute atomic E-state index is 0.00185. The standard InChI is InChI=1S/C37H44N6O9S/c44-32-29-14-7-13-28(39-29)23-9-6-11-26(19-23)51-17-8-18-52-36(48)40-30-12-5-3-1-2-4-10-24-21-37(24,35(47)42-53(49,50)27-15-16-27)41-33(45)31-20-25(38-32)22-43(31)34(30)46/h4,6-7,9-11,13-14,19,24-25,27,30-31H,1-3,5,8,12,15-18,20-22H2,(H,38,44)(H,40,48)(H,41,45)(H,42,47)/b10-4-/t24-,25+,30-,31-,37+/m0/s1. The van der Waals surface area contributed by atoms with Crippen molar-refractivity contribution in [3.63, 3.8) is 0 Å². The van der Waals surface area contributed by atoms with E-state index in [0.717, 1.165) is 18.4 Å². The molecule has 0 spiro atoms. The number of pyridine rings is 1. The Hall–Kier alpha value is -4.99. The molecule has 2 aliphatic carbocycles. The minimum atomic E-state index is -3.90. The van der Waals surface area contributed by atoms with E-state index in [0.29, 0.717) is 43.5 Å². The zero-order valence-corrected chi connectivity index (χ0v) is 30.1. The van der Waals surface area contributed by atoms with Crippen LogP contribution >= 0.6 is 0 Å². The van der Waals surface area contributed by atoms with Crippen molar-refractivity contribution in [1.82, 2.24) is 30.6 Å². The Labute approximate surface area is 307 Å². The Morgan fingerprint density at radius 1 is 0.925 bits per heavy atom. The van der Waals surface area contributed by atoms with Crippen molar-refractivity contribution in [1.29, 1.82) is 0 Å². The first kappa shape index (κ1) is 36.4. The van der Waals surface area contributed by atoms with Gasteiger partial charge in [0.1, 0.15) is 29.1 Å². The van der Waals surface area contributed by atoms with Crippen molar-refractivity contribution in [2.24, 2.45) is 5.92 Å². The number of aromatic nitrogens is 1. The Bertz CT molecular complexity index is 1920. The van der Waals surface area contributed by atoms with Gasteiger partial charge in [0.25, 0.3) is 11.8 Å². The highest BCUT2D eigenvalue weighted by Gasteiger charge is 2.62. The third-order valence-corrected chi connectivity index (χ3v) is 12.2. The third-order valence-electron chi connectivity index (χ3n) is 10.4. The van der Waals surface area contributed by atoms with Gasteiger partial charge in [-0.2, -0.15) is 0 Å². The van der Waals surface area contributed by atoms with Gasteiger partial charge in [-0.15, -0.1) is 0 Å². The second kappa shape index (κ2) is 15.2. The number of hydrogen-bond acceptors (Lipinski definition) is 10. The lowest BCUT2D eigenvalue weighted by molar-refractivity contribution is -0.141. The highest BCUT2D eigenvalue weighted by Crippen LogP contribution is 2.46. The monoisotopic (exact) mass is 748 g/mol. The van der Waals surface area contributed by atoms with Crippen LogP contribution < -0.4 is 25.4 Å². The number of hydrogen-bond donors (Lipinski definition) is 4. The maximum absolute atomic E-state index is 14.3. The van der Waals surface area contributed by atoms with E-state index in [1.54, 1.807) is 30.3 Å². The van der Waals surface area contributed by atoms with Crippen LogP contribution in [0, 0.1) is 5.92 Å². The predicted octanol–water partition coefficient (Wildman–Crippen LogP) is 2.33. The molecule has 5 atom stereocenters. The number of sulfonamides is 1. The molecule has 5 aliphatic rings. The molecule has 15 nitrogen and oxygen atoms in total. The quantitative estimate of drug-likeness (QED) is 0.338. The first-order chi connectivity index (χ1) is 25.5. The molecule has 282 valence electrons. The Morgan fingerprint density at radius 2 is 1.72 bits per heavy atom. The fraction of sp³-hybridized carbons (Fsp3) is 0.514. The number of ether oxygens (including phenoxy) is 2. The summed E-state index contributed by atoms with van der Waals surface area (Å²) in [6, 6.07) is 9.42. The van der Waals surface area contributed by atoms with E-state index in [4.69, 9.17) is 9.47 Å². The minimum Gasteiger partial charge on any atom is -0.493 e. The summed E-state index contributed by atoms with van der Waals surface area (Å²) in [6.07, 6.45) is 7.53. The number of carbonyl (C=O) groups is 5. The molecule has 7 bridgehead atoms. The van der Waals surface area contributed by atoms with Crippen LogP contribution in [0.4, 0.5) is 4.79 Å². The fourth-order valence-electron chi connectivity index (χ4n) is 7.23. The summed E-state index contributed by atoms with van der Waals surface area (Å²) in [5.74, 6) is -2.40. The number of benzene rings is 1. The van der Waals surface area contributed by atoms with Crippen LogP contribution in [0.15, 0.2) is 54.6 Å². The van der Waals surface area contributed by atoms with Crippen molar-refractivity contribution < 1.29 is 41.9 Å². The van der Waals surface area contributed by atoms with Crippen LogP contribution in [0.2, 0.25) is 0 Å². The van der Waals surface area contributed by atoms with Gasteiger partial charge in [0, 0.05) is 30.5 Å². The van der Waals surface area contributed by atoms with Gasteiger partial charge < -0.3 is 30.3 Å². The summed E-state index contributed by atoms with van der Waals surface area (Å²) in [5, 5.41) is 7.82. The first-order valence-corrected chi connectivity index (χ1v) is 19.9. The zero-order chi connectivity index (χ0) is 37.2. The van der Waals surface area contributed by atoms with E-state index in [-0.39, 0.29) is 44.7 Å². The van der Waals surface area contributed by atoms with E-state index in [1.165, 1.54) is 4.90 Å². The van der Waals surface area contributed by atoms with Crippen LogP contribution in [0.3, 0.4) is 0 Å². The zero-order valence-electron chi connectivity index (χ0n) is 29.3. The van der Waals surface area contributed by atoms with Crippen molar-refractivity contribution in [2.45, 2.75) is 93.1 Å². The van der Waals surface area contributed by atoms with Crippen LogP contribution in [-0.2, 0) is 29.1 Å². The molecule has 4 N–H and O–H groups in total. The molecular formula is C37H44N6O9S. The molecule has 3 aliphatic heterocycles. The lowest BCUT2D eigenvalue weighted by Gasteiger charge is -2.30. The average molecular weight is 749 g/mol. The fourth-order valence-corrected chi connectivity index (χ4v) is 8.59. The van der Waals surface area contributed by atoms with E-state index < -0.39 is 74.6 Å². The number of allylic oxidation sites excluding steroid dienone is 1. The number of carbonyl (C=O) groups excluding carboxylic acids is 5. The Morgan fingerprint density at radius 3 is 2.55 bits per heavy atom. The highest BCUT2D eigenvalue weighted by atomic mass is 32.2. The maximum atomic E-state index is 14.3. The summed E-state index contributed by atoms with van der Waals surface area (Å²) < 4.78 is 39.0. The topological polar surface area (TPSA) is 202 Å². The second-order valence-electron chi connectivity index (χ2n) is 14.4. The van der Waals surface area contributed by atoms with Gasteiger partial charge in [-0.3, -0.25) is 23.9 Å². The largest absolute Gasteiger partial charge is 0.493 e. The molecule has 2 aromatic rings. The molecule has 5 amide bonds. The number of nitrogens with zero attached hydrogens (tertiary/aromatic N) is 2. The molecule has 16 heteroatoms. The molecule has 1 saturated heterocycles. The predicted molar refractivity (Wildman–Crippen MR) is 191 cm³/mol. The van der Waals surface area contributed by atoms with Crippen LogP contribution in [0.5, 0.6) is 5.75 Å². The van der Waals surface area contributed by atoms with Crippen molar-refractivity contribution in [2.75, 3.05) is 19.8 Å². The van der Waals surface area contributed by atoms with Gasteiger partial charge in [-0.1, -0.05) is 43.2 Å². The third kappa shape index (κ3) is 8.32. The van der Waals surface area contributed by atoms with Crippen LogP contribution in [0.25, 0.3) is 11.3 Å². The summed E-state index contributed by atoms with van der Waals surface area (Å²) >= 11 is 0. The lowest BCUT2D eigenvalue weighted by atomic mass is 10.0. The molecule has 0 radical (unpaired) electrons. The van der Waals surface area contributed by atoms with E-state index >= 15 is 0 Å². The molecule has 7 rings (SSSR count). The van der Waals surface area contributed by atoms with Gasteiger partial charge in [-0.25, -0.2) is 18.2 Å². The Kier molecular flexibility index (Phi) is 10.4. The van der Waals surface area contributed by atoms with E-state index in [1.807, 2.05) is 24.3 Å².